The Bertz CT molecular complexity index is 1630. The molecule has 0 fully saturated rings. The number of anilines is 1. The number of ether oxygens (including phenoxy) is 1. The van der Waals surface area contributed by atoms with Crippen LogP contribution in [0, 0.1) is 6.92 Å². The van der Waals surface area contributed by atoms with Gasteiger partial charge in [-0.1, -0.05) is 78.4 Å². The van der Waals surface area contributed by atoms with Gasteiger partial charge in [0.25, 0.3) is 0 Å². The van der Waals surface area contributed by atoms with E-state index in [2.05, 4.69) is 5.32 Å². The first-order chi connectivity index (χ1) is 21.0. The van der Waals surface area contributed by atoms with Crippen LogP contribution in [0.15, 0.2) is 109 Å². The third-order valence-corrected chi connectivity index (χ3v) is 8.10. The normalized spacial score (nSPS) is 11.9. The van der Waals surface area contributed by atoms with E-state index < -0.39 is 28.5 Å². The first-order valence-electron chi connectivity index (χ1n) is 14.5. The van der Waals surface area contributed by atoms with Gasteiger partial charge in [0.05, 0.1) is 11.9 Å². The highest BCUT2D eigenvalue weighted by molar-refractivity contribution is 7.92. The monoisotopic (exact) mass is 613 g/mol. The lowest BCUT2D eigenvalue weighted by atomic mass is 10.0. The molecule has 2 amide bonds. The number of hydrogen-bond donors (Lipinski definition) is 1. The van der Waals surface area contributed by atoms with E-state index in [4.69, 9.17) is 4.74 Å². The number of amides is 2. The molecule has 4 aromatic carbocycles. The van der Waals surface area contributed by atoms with Gasteiger partial charge < -0.3 is 15.0 Å². The Balaban J connectivity index is 1.67. The second-order valence-corrected chi connectivity index (χ2v) is 13.0. The van der Waals surface area contributed by atoms with E-state index in [0.717, 1.165) is 27.3 Å². The highest BCUT2D eigenvalue weighted by Crippen LogP contribution is 2.26. The molecular formula is C35H39N3O5S. The molecule has 0 radical (unpaired) electrons. The molecule has 0 heterocycles. The molecule has 1 unspecified atom stereocenters. The summed E-state index contributed by atoms with van der Waals surface area (Å²) in [7, 11) is -3.88. The summed E-state index contributed by atoms with van der Waals surface area (Å²) >= 11 is 0. The van der Waals surface area contributed by atoms with E-state index in [-0.39, 0.29) is 24.9 Å². The van der Waals surface area contributed by atoms with Crippen LogP contribution in [0.2, 0.25) is 0 Å². The van der Waals surface area contributed by atoms with Crippen molar-refractivity contribution in [3.8, 4) is 11.5 Å². The van der Waals surface area contributed by atoms with Gasteiger partial charge in [-0.25, -0.2) is 8.42 Å². The van der Waals surface area contributed by atoms with Crippen LogP contribution >= 0.6 is 0 Å². The SMILES string of the molecule is Cc1ccc(CN(C(=O)CN(c2ccc(Oc3ccccc3)cc2)S(C)(=O)=O)C(Cc2ccccc2)C(=O)NC(C)C)cc1. The molecule has 0 bridgehead atoms. The van der Waals surface area contributed by atoms with Crippen molar-refractivity contribution < 1.29 is 22.7 Å². The molecule has 0 saturated heterocycles. The van der Waals surface area contributed by atoms with Gasteiger partial charge in [0, 0.05) is 19.0 Å². The van der Waals surface area contributed by atoms with Crippen LogP contribution in [0.25, 0.3) is 0 Å². The Morgan fingerprint density at radius 3 is 1.91 bits per heavy atom. The molecule has 0 spiro atoms. The summed E-state index contributed by atoms with van der Waals surface area (Å²) in [5.41, 5.74) is 3.08. The van der Waals surface area contributed by atoms with Crippen molar-refractivity contribution in [2.24, 2.45) is 0 Å². The fraction of sp³-hybridized carbons (Fsp3) is 0.257. The maximum atomic E-state index is 14.2. The largest absolute Gasteiger partial charge is 0.457 e. The summed E-state index contributed by atoms with van der Waals surface area (Å²) in [6, 6.07) is 31.9. The predicted octanol–water partition coefficient (Wildman–Crippen LogP) is 5.72. The van der Waals surface area contributed by atoms with Gasteiger partial charge in [-0.3, -0.25) is 13.9 Å². The van der Waals surface area contributed by atoms with E-state index in [1.54, 1.807) is 24.3 Å². The third-order valence-electron chi connectivity index (χ3n) is 6.96. The van der Waals surface area contributed by atoms with Gasteiger partial charge in [-0.05, 0) is 68.3 Å². The topological polar surface area (TPSA) is 96.0 Å². The van der Waals surface area contributed by atoms with Crippen molar-refractivity contribution in [2.75, 3.05) is 17.1 Å². The maximum absolute atomic E-state index is 14.2. The van der Waals surface area contributed by atoms with E-state index in [1.165, 1.54) is 4.90 Å². The number of aryl methyl sites for hydroxylation is 1. The number of nitrogens with one attached hydrogen (secondary N) is 1. The summed E-state index contributed by atoms with van der Waals surface area (Å²) in [4.78, 5) is 29.3. The second-order valence-electron chi connectivity index (χ2n) is 11.1. The molecule has 0 aromatic heterocycles. The van der Waals surface area contributed by atoms with Crippen molar-refractivity contribution in [2.45, 2.75) is 45.8 Å². The average molecular weight is 614 g/mol. The molecule has 0 aliphatic carbocycles. The molecule has 0 aliphatic rings. The molecule has 8 nitrogen and oxygen atoms in total. The summed E-state index contributed by atoms with van der Waals surface area (Å²) < 4.78 is 33.0. The Morgan fingerprint density at radius 1 is 0.773 bits per heavy atom. The van der Waals surface area contributed by atoms with E-state index in [9.17, 15) is 18.0 Å². The van der Waals surface area contributed by atoms with Gasteiger partial charge in [0.1, 0.15) is 24.1 Å². The molecule has 1 N–H and O–H groups in total. The van der Waals surface area contributed by atoms with Crippen LogP contribution in [0.3, 0.4) is 0 Å². The molecule has 1 atom stereocenters. The molecule has 230 valence electrons. The standard InChI is InChI=1S/C35H39N3O5S/c1-26(2)36-35(40)33(23-28-11-7-5-8-12-28)37(24-29-17-15-27(3)16-18-29)34(39)25-38(44(4,41)42)30-19-21-32(22-20-30)43-31-13-9-6-10-14-31/h5-22,26,33H,23-25H2,1-4H3,(H,36,40). The smallest absolute Gasteiger partial charge is 0.244 e. The molecular weight excluding hydrogens is 574 g/mol. The fourth-order valence-electron chi connectivity index (χ4n) is 4.74. The first-order valence-corrected chi connectivity index (χ1v) is 16.3. The zero-order valence-corrected chi connectivity index (χ0v) is 26.3. The lowest BCUT2D eigenvalue weighted by molar-refractivity contribution is -0.140. The minimum atomic E-state index is -3.88. The zero-order valence-electron chi connectivity index (χ0n) is 25.5. The molecule has 44 heavy (non-hydrogen) atoms. The Hall–Kier alpha value is -4.63. The van der Waals surface area contributed by atoms with E-state index in [0.29, 0.717) is 17.2 Å². The van der Waals surface area contributed by atoms with E-state index >= 15 is 0 Å². The fourth-order valence-corrected chi connectivity index (χ4v) is 5.59. The highest BCUT2D eigenvalue weighted by Gasteiger charge is 2.33. The lowest BCUT2D eigenvalue weighted by Gasteiger charge is -2.34. The summed E-state index contributed by atoms with van der Waals surface area (Å²) in [6.07, 6.45) is 1.33. The number of rotatable bonds is 13. The lowest BCUT2D eigenvalue weighted by Crippen LogP contribution is -2.54. The van der Waals surface area contributed by atoms with Crippen LogP contribution in [0.5, 0.6) is 11.5 Å². The van der Waals surface area contributed by atoms with Crippen LogP contribution in [-0.4, -0.2) is 50.0 Å². The number of sulfonamides is 1. The van der Waals surface area contributed by atoms with Gasteiger partial charge in [0.15, 0.2) is 0 Å². The van der Waals surface area contributed by atoms with Crippen LogP contribution in [-0.2, 0) is 32.6 Å². The van der Waals surface area contributed by atoms with Crippen LogP contribution in [0.4, 0.5) is 5.69 Å². The van der Waals surface area contributed by atoms with Gasteiger partial charge >= 0.3 is 0 Å². The number of hydrogen-bond acceptors (Lipinski definition) is 5. The second kappa shape index (κ2) is 14.7. The van der Waals surface area contributed by atoms with Crippen molar-refractivity contribution in [1.82, 2.24) is 10.2 Å². The number of carbonyl (C=O) groups excluding carboxylic acids is 2. The van der Waals surface area contributed by atoms with E-state index in [1.807, 2.05) is 106 Å². The first kappa shape index (κ1) is 32.3. The van der Waals surface area contributed by atoms with Crippen molar-refractivity contribution >= 4 is 27.5 Å². The number of benzene rings is 4. The van der Waals surface area contributed by atoms with Crippen molar-refractivity contribution in [1.29, 1.82) is 0 Å². The number of para-hydroxylation sites is 1. The summed E-state index contributed by atoms with van der Waals surface area (Å²) in [6.45, 7) is 5.34. The quantitative estimate of drug-likeness (QED) is 0.208. The molecule has 9 heteroatoms. The van der Waals surface area contributed by atoms with Crippen LogP contribution < -0.4 is 14.4 Å². The summed E-state index contributed by atoms with van der Waals surface area (Å²) in [5, 5.41) is 2.96. The summed E-state index contributed by atoms with van der Waals surface area (Å²) in [5.74, 6) is 0.360. The predicted molar refractivity (Wildman–Crippen MR) is 174 cm³/mol. The number of carbonyl (C=O) groups is 2. The Labute approximate surface area is 260 Å². The molecule has 4 rings (SSSR count). The van der Waals surface area contributed by atoms with Crippen molar-refractivity contribution in [3.05, 3.63) is 126 Å². The highest BCUT2D eigenvalue weighted by atomic mass is 32.2. The average Bonchev–Trinajstić information content (AvgIpc) is 2.99. The zero-order chi connectivity index (χ0) is 31.7. The van der Waals surface area contributed by atoms with Gasteiger partial charge in [0.2, 0.25) is 21.8 Å². The Kier molecular flexibility index (Phi) is 10.8. The third kappa shape index (κ3) is 9.18. The van der Waals surface area contributed by atoms with Crippen LogP contribution in [0.1, 0.15) is 30.5 Å². The molecule has 0 aliphatic heterocycles. The van der Waals surface area contributed by atoms with Gasteiger partial charge in [-0.15, -0.1) is 0 Å². The minimum absolute atomic E-state index is 0.129. The molecule has 4 aromatic rings. The maximum Gasteiger partial charge on any atom is 0.244 e. The minimum Gasteiger partial charge on any atom is -0.457 e. The van der Waals surface area contributed by atoms with Gasteiger partial charge in [-0.2, -0.15) is 0 Å². The Morgan fingerprint density at radius 2 is 1.34 bits per heavy atom. The number of nitrogens with zero attached hydrogens (tertiary/aromatic N) is 2. The van der Waals surface area contributed by atoms with Crippen molar-refractivity contribution in [3.63, 3.8) is 0 Å². The molecule has 0 saturated carbocycles.